The third kappa shape index (κ3) is 4.69. The average molecular weight is 357 g/mol. The van der Waals surface area contributed by atoms with Gasteiger partial charge in [0, 0.05) is 12.1 Å². The Morgan fingerprint density at radius 1 is 1.24 bits per heavy atom. The van der Waals surface area contributed by atoms with E-state index in [9.17, 15) is 22.4 Å². The van der Waals surface area contributed by atoms with Crippen LogP contribution in [0.25, 0.3) is 11.1 Å². The molecule has 0 unspecified atom stereocenters. The van der Waals surface area contributed by atoms with Crippen LogP contribution < -0.4 is 10.1 Å². The van der Waals surface area contributed by atoms with Gasteiger partial charge in [-0.15, -0.1) is 0 Å². The fraction of sp³-hybridized carbons (Fsp3) is 0.235. The van der Waals surface area contributed by atoms with Crippen LogP contribution in [0.5, 0.6) is 5.75 Å². The molecule has 2 rings (SSSR count). The molecule has 0 aliphatic heterocycles. The number of hydrogen-bond acceptors (Lipinski definition) is 3. The number of halogens is 4. The van der Waals surface area contributed by atoms with Crippen molar-refractivity contribution < 1.29 is 32.2 Å². The largest absolute Gasteiger partial charge is 0.479 e. The van der Waals surface area contributed by atoms with Crippen molar-refractivity contribution in [2.75, 3.05) is 13.7 Å². The molecular weight excluding hydrogens is 342 g/mol. The number of carboxylic acid groups (broad SMARTS) is 1. The van der Waals surface area contributed by atoms with E-state index < -0.39 is 35.9 Å². The summed E-state index contributed by atoms with van der Waals surface area (Å²) in [6.07, 6.45) is -4.56. The van der Waals surface area contributed by atoms with Crippen LogP contribution in [-0.4, -0.2) is 24.7 Å². The van der Waals surface area contributed by atoms with Gasteiger partial charge in [0.05, 0.1) is 5.56 Å². The highest BCUT2D eigenvalue weighted by molar-refractivity contribution is 5.74. The highest BCUT2D eigenvalue weighted by Gasteiger charge is 2.30. The van der Waals surface area contributed by atoms with Gasteiger partial charge in [0.15, 0.2) is 18.2 Å². The molecule has 8 heteroatoms. The molecule has 0 spiro atoms. The molecule has 0 heterocycles. The molecule has 134 valence electrons. The highest BCUT2D eigenvalue weighted by Crippen LogP contribution is 2.37. The van der Waals surface area contributed by atoms with E-state index in [-0.39, 0.29) is 17.7 Å². The number of benzene rings is 2. The van der Waals surface area contributed by atoms with Crippen LogP contribution in [0.1, 0.15) is 11.1 Å². The lowest BCUT2D eigenvalue weighted by molar-refractivity contribution is -0.139. The standard InChI is InChI=1S/C17H15F4NO3/c1-22-8-10-5-13(16(14(18)6-10)25-9-15(23)24)11-3-2-4-12(7-11)17(19,20)21/h2-7,22H,8-9H2,1H3,(H,23,24). The average Bonchev–Trinajstić information content (AvgIpc) is 2.53. The number of nitrogens with one attached hydrogen (secondary N) is 1. The first-order valence-corrected chi connectivity index (χ1v) is 7.21. The van der Waals surface area contributed by atoms with E-state index in [0.29, 0.717) is 5.56 Å². The maximum absolute atomic E-state index is 14.3. The van der Waals surface area contributed by atoms with Crippen LogP contribution in [0, 0.1) is 5.82 Å². The van der Waals surface area contributed by atoms with Gasteiger partial charge in [-0.05, 0) is 42.4 Å². The van der Waals surface area contributed by atoms with Crippen LogP contribution in [0.4, 0.5) is 17.6 Å². The summed E-state index contributed by atoms with van der Waals surface area (Å²) < 4.78 is 58.1. The van der Waals surface area contributed by atoms with Gasteiger partial charge in [-0.1, -0.05) is 12.1 Å². The first kappa shape index (κ1) is 18.7. The van der Waals surface area contributed by atoms with Crippen LogP contribution >= 0.6 is 0 Å². The summed E-state index contributed by atoms with van der Waals surface area (Å²) in [6, 6.07) is 6.94. The van der Waals surface area contributed by atoms with Gasteiger partial charge < -0.3 is 15.2 Å². The van der Waals surface area contributed by atoms with E-state index in [1.807, 2.05) is 0 Å². The molecule has 0 fully saturated rings. The van der Waals surface area contributed by atoms with Crippen molar-refractivity contribution >= 4 is 5.97 Å². The molecule has 0 radical (unpaired) electrons. The molecule has 2 aromatic carbocycles. The number of alkyl halides is 3. The molecule has 2 N–H and O–H groups in total. The minimum absolute atomic E-state index is 0.0533. The van der Waals surface area contributed by atoms with Gasteiger partial charge in [0.1, 0.15) is 0 Å². The first-order chi connectivity index (χ1) is 11.7. The highest BCUT2D eigenvalue weighted by atomic mass is 19.4. The minimum Gasteiger partial charge on any atom is -0.479 e. The van der Waals surface area contributed by atoms with Gasteiger partial charge in [-0.2, -0.15) is 13.2 Å². The van der Waals surface area contributed by atoms with Crippen molar-refractivity contribution in [2.24, 2.45) is 0 Å². The summed E-state index contributed by atoms with van der Waals surface area (Å²) >= 11 is 0. The SMILES string of the molecule is CNCc1cc(F)c(OCC(=O)O)c(-c2cccc(C(F)(F)F)c2)c1. The normalized spacial score (nSPS) is 11.4. The van der Waals surface area contributed by atoms with E-state index >= 15 is 0 Å². The van der Waals surface area contributed by atoms with Crippen molar-refractivity contribution in [1.82, 2.24) is 5.32 Å². The Morgan fingerprint density at radius 2 is 1.96 bits per heavy atom. The van der Waals surface area contributed by atoms with E-state index in [1.165, 1.54) is 18.2 Å². The Morgan fingerprint density at radius 3 is 2.56 bits per heavy atom. The first-order valence-electron chi connectivity index (χ1n) is 7.21. The van der Waals surface area contributed by atoms with Crippen molar-refractivity contribution in [3.05, 3.63) is 53.3 Å². The van der Waals surface area contributed by atoms with E-state index in [1.54, 1.807) is 7.05 Å². The Balaban J connectivity index is 2.58. The van der Waals surface area contributed by atoms with E-state index in [2.05, 4.69) is 5.32 Å². The molecule has 0 atom stereocenters. The quantitative estimate of drug-likeness (QED) is 0.774. The summed E-state index contributed by atoms with van der Waals surface area (Å²) in [4.78, 5) is 10.7. The third-order valence-corrected chi connectivity index (χ3v) is 3.33. The van der Waals surface area contributed by atoms with Gasteiger partial charge >= 0.3 is 12.1 Å². The molecule has 25 heavy (non-hydrogen) atoms. The van der Waals surface area contributed by atoms with Crippen LogP contribution in [-0.2, 0) is 17.5 Å². The molecule has 4 nitrogen and oxygen atoms in total. The zero-order valence-electron chi connectivity index (χ0n) is 13.2. The van der Waals surface area contributed by atoms with Gasteiger partial charge in [-0.25, -0.2) is 9.18 Å². The van der Waals surface area contributed by atoms with Crippen LogP contribution in [0.2, 0.25) is 0 Å². The molecule has 0 aliphatic carbocycles. The lowest BCUT2D eigenvalue weighted by Crippen LogP contribution is -2.12. The van der Waals surface area contributed by atoms with Crippen LogP contribution in [0.15, 0.2) is 36.4 Å². The lowest BCUT2D eigenvalue weighted by Gasteiger charge is -2.15. The molecule has 2 aromatic rings. The topological polar surface area (TPSA) is 58.6 Å². The predicted octanol–water partition coefficient (Wildman–Crippen LogP) is 3.69. The second-order valence-corrected chi connectivity index (χ2v) is 5.25. The fourth-order valence-corrected chi connectivity index (χ4v) is 2.31. The number of ether oxygens (including phenoxy) is 1. The number of aliphatic carboxylic acids is 1. The number of hydrogen-bond donors (Lipinski definition) is 2. The lowest BCUT2D eigenvalue weighted by atomic mass is 9.99. The number of carboxylic acids is 1. The predicted molar refractivity (Wildman–Crippen MR) is 82.7 cm³/mol. The number of rotatable bonds is 6. The fourth-order valence-electron chi connectivity index (χ4n) is 2.31. The molecule has 0 saturated carbocycles. The Hall–Kier alpha value is -2.61. The molecule has 0 aromatic heterocycles. The minimum atomic E-state index is -4.56. The second-order valence-electron chi connectivity index (χ2n) is 5.25. The van der Waals surface area contributed by atoms with Crippen molar-refractivity contribution in [3.63, 3.8) is 0 Å². The second kappa shape index (κ2) is 7.52. The summed E-state index contributed by atoms with van der Waals surface area (Å²) in [5.74, 6) is -2.57. The van der Waals surface area contributed by atoms with Crippen molar-refractivity contribution in [3.8, 4) is 16.9 Å². The smallest absolute Gasteiger partial charge is 0.416 e. The molecule has 0 aliphatic rings. The number of carbonyl (C=O) groups is 1. The molecule has 0 amide bonds. The van der Waals surface area contributed by atoms with E-state index in [4.69, 9.17) is 9.84 Å². The van der Waals surface area contributed by atoms with E-state index in [0.717, 1.165) is 18.2 Å². The van der Waals surface area contributed by atoms with Gasteiger partial charge in [0.2, 0.25) is 0 Å². The zero-order valence-corrected chi connectivity index (χ0v) is 13.2. The Labute approximate surface area is 141 Å². The van der Waals surface area contributed by atoms with Crippen molar-refractivity contribution in [1.29, 1.82) is 0 Å². The summed E-state index contributed by atoms with van der Waals surface area (Å²) in [6.45, 7) is -0.531. The molecular formula is C17H15F4NO3. The van der Waals surface area contributed by atoms with Crippen molar-refractivity contribution in [2.45, 2.75) is 12.7 Å². The molecule has 0 bridgehead atoms. The van der Waals surface area contributed by atoms with Gasteiger partial charge in [-0.3, -0.25) is 0 Å². The summed E-state index contributed by atoms with van der Waals surface area (Å²) in [7, 11) is 1.64. The zero-order chi connectivity index (χ0) is 18.6. The third-order valence-electron chi connectivity index (χ3n) is 3.33. The molecule has 0 saturated heterocycles. The summed E-state index contributed by atoms with van der Waals surface area (Å²) in [5, 5.41) is 11.5. The Bertz CT molecular complexity index is 775. The maximum atomic E-state index is 14.3. The Kier molecular flexibility index (Phi) is 5.63. The monoisotopic (exact) mass is 357 g/mol. The summed E-state index contributed by atoms with van der Waals surface area (Å²) in [5.41, 5.74) is -0.284. The maximum Gasteiger partial charge on any atom is 0.416 e. The van der Waals surface area contributed by atoms with Gasteiger partial charge in [0.25, 0.3) is 0 Å². The van der Waals surface area contributed by atoms with Crippen LogP contribution in [0.3, 0.4) is 0 Å².